The maximum atomic E-state index is 12.9. The van der Waals surface area contributed by atoms with Crippen LogP contribution < -0.4 is 4.74 Å². The van der Waals surface area contributed by atoms with Crippen LogP contribution in [0.3, 0.4) is 0 Å². The van der Waals surface area contributed by atoms with Gasteiger partial charge in [-0.3, -0.25) is 9.59 Å². The number of carboxylic acid groups (broad SMARTS) is 1. The van der Waals surface area contributed by atoms with E-state index in [1.807, 2.05) is 18.2 Å². The fraction of sp³-hybridized carbons (Fsp3) is 0.550. The Labute approximate surface area is 158 Å². The van der Waals surface area contributed by atoms with Gasteiger partial charge in [0.15, 0.2) is 6.61 Å². The number of rotatable bonds is 5. The molecule has 0 radical (unpaired) electrons. The van der Waals surface area contributed by atoms with E-state index in [1.54, 1.807) is 17.0 Å². The summed E-state index contributed by atoms with van der Waals surface area (Å²) in [6, 6.07) is 8.40. The monoisotopic (exact) mass is 374 g/mol. The number of likely N-dealkylation sites (tertiary alicyclic amines) is 2. The van der Waals surface area contributed by atoms with Crippen LogP contribution in [0, 0.1) is 5.92 Å². The molecule has 2 aliphatic heterocycles. The van der Waals surface area contributed by atoms with Gasteiger partial charge in [-0.2, -0.15) is 0 Å². The number of benzene rings is 1. The molecule has 2 amide bonds. The van der Waals surface area contributed by atoms with Crippen molar-refractivity contribution in [3.8, 4) is 5.75 Å². The fourth-order valence-electron chi connectivity index (χ4n) is 3.84. The normalized spacial score (nSPS) is 23.0. The van der Waals surface area contributed by atoms with Crippen molar-refractivity contribution in [2.24, 2.45) is 5.92 Å². The zero-order valence-corrected chi connectivity index (χ0v) is 15.4. The average Bonchev–Trinajstić information content (AvgIpc) is 2.72. The van der Waals surface area contributed by atoms with Crippen LogP contribution in [0.2, 0.25) is 0 Å². The van der Waals surface area contributed by atoms with Gasteiger partial charge in [-0.25, -0.2) is 4.79 Å². The third-order valence-corrected chi connectivity index (χ3v) is 5.30. The molecule has 7 nitrogen and oxygen atoms in total. The fourth-order valence-corrected chi connectivity index (χ4v) is 3.84. The summed E-state index contributed by atoms with van der Waals surface area (Å²) < 4.78 is 5.52. The minimum Gasteiger partial charge on any atom is -0.484 e. The molecule has 0 aliphatic carbocycles. The Morgan fingerprint density at radius 1 is 1.04 bits per heavy atom. The molecular formula is C20H26N2O5. The van der Waals surface area contributed by atoms with E-state index in [0.717, 1.165) is 19.3 Å². The Morgan fingerprint density at radius 2 is 1.81 bits per heavy atom. The highest BCUT2D eigenvalue weighted by Gasteiger charge is 2.37. The number of carbonyl (C=O) groups excluding carboxylic acids is 2. The van der Waals surface area contributed by atoms with Crippen molar-refractivity contribution in [3.05, 3.63) is 30.3 Å². The van der Waals surface area contributed by atoms with Gasteiger partial charge in [-0.15, -0.1) is 0 Å². The van der Waals surface area contributed by atoms with Gasteiger partial charge in [0.05, 0.1) is 5.92 Å². The van der Waals surface area contributed by atoms with Crippen LogP contribution in [-0.2, 0) is 14.4 Å². The second-order valence-electron chi connectivity index (χ2n) is 7.16. The molecule has 3 rings (SSSR count). The smallest absolute Gasteiger partial charge is 0.326 e. The van der Waals surface area contributed by atoms with E-state index in [4.69, 9.17) is 4.74 Å². The Morgan fingerprint density at radius 3 is 2.56 bits per heavy atom. The molecule has 2 atom stereocenters. The standard InChI is InChI=1S/C20H26N2O5/c23-18(14-27-16-8-2-1-3-9-16)21-11-6-7-15(13-21)19(24)22-12-5-4-10-17(22)20(25)26/h1-3,8-9,15,17H,4-7,10-14H2,(H,25,26). The van der Waals surface area contributed by atoms with Crippen LogP contribution in [-0.4, -0.2) is 65.0 Å². The van der Waals surface area contributed by atoms with Crippen molar-refractivity contribution in [1.29, 1.82) is 0 Å². The lowest BCUT2D eigenvalue weighted by Gasteiger charge is -2.38. The van der Waals surface area contributed by atoms with E-state index in [2.05, 4.69) is 0 Å². The van der Waals surface area contributed by atoms with E-state index in [9.17, 15) is 19.5 Å². The molecule has 146 valence electrons. The molecule has 2 fully saturated rings. The Balaban J connectivity index is 1.57. The average molecular weight is 374 g/mol. The number of piperidine rings is 2. The first-order chi connectivity index (χ1) is 13.1. The number of para-hydroxylation sites is 1. The highest BCUT2D eigenvalue weighted by molar-refractivity contribution is 5.86. The highest BCUT2D eigenvalue weighted by atomic mass is 16.5. The summed E-state index contributed by atoms with van der Waals surface area (Å²) in [5, 5.41) is 9.40. The van der Waals surface area contributed by atoms with Gasteiger partial charge in [-0.05, 0) is 44.2 Å². The van der Waals surface area contributed by atoms with Gasteiger partial charge in [0, 0.05) is 19.6 Å². The molecular weight excluding hydrogens is 348 g/mol. The molecule has 1 aromatic rings. The summed E-state index contributed by atoms with van der Waals surface area (Å²) in [5.74, 6) is -0.927. The number of carboxylic acids is 1. The summed E-state index contributed by atoms with van der Waals surface area (Å²) >= 11 is 0. The van der Waals surface area contributed by atoms with Crippen LogP contribution >= 0.6 is 0 Å². The number of carbonyl (C=O) groups is 3. The van der Waals surface area contributed by atoms with Crippen LogP contribution in [0.5, 0.6) is 5.75 Å². The Hall–Kier alpha value is -2.57. The largest absolute Gasteiger partial charge is 0.484 e. The van der Waals surface area contributed by atoms with Crippen molar-refractivity contribution < 1.29 is 24.2 Å². The van der Waals surface area contributed by atoms with E-state index in [0.29, 0.717) is 38.2 Å². The van der Waals surface area contributed by atoms with Gasteiger partial charge >= 0.3 is 5.97 Å². The van der Waals surface area contributed by atoms with Crippen LogP contribution in [0.25, 0.3) is 0 Å². The van der Waals surface area contributed by atoms with E-state index >= 15 is 0 Å². The molecule has 0 bridgehead atoms. The van der Waals surface area contributed by atoms with E-state index < -0.39 is 12.0 Å². The van der Waals surface area contributed by atoms with Crippen molar-refractivity contribution in [2.75, 3.05) is 26.2 Å². The lowest BCUT2D eigenvalue weighted by Crippen LogP contribution is -2.53. The molecule has 2 heterocycles. The van der Waals surface area contributed by atoms with Crippen molar-refractivity contribution in [2.45, 2.75) is 38.1 Å². The van der Waals surface area contributed by atoms with E-state index in [-0.39, 0.29) is 24.3 Å². The topological polar surface area (TPSA) is 87.2 Å². The molecule has 2 aliphatic rings. The van der Waals surface area contributed by atoms with Crippen molar-refractivity contribution >= 4 is 17.8 Å². The molecule has 7 heteroatoms. The number of ether oxygens (including phenoxy) is 1. The molecule has 0 saturated carbocycles. The van der Waals surface area contributed by atoms with Gasteiger partial charge in [0.25, 0.3) is 5.91 Å². The summed E-state index contributed by atoms with van der Waals surface area (Å²) in [4.78, 5) is 40.0. The van der Waals surface area contributed by atoms with Crippen LogP contribution in [0.4, 0.5) is 0 Å². The number of nitrogens with zero attached hydrogens (tertiary/aromatic N) is 2. The molecule has 0 aromatic heterocycles. The number of aliphatic carboxylic acids is 1. The SMILES string of the molecule is O=C(O)C1CCCCN1C(=O)C1CCCN(C(=O)COc2ccccc2)C1. The minimum atomic E-state index is -0.942. The van der Waals surface area contributed by atoms with Gasteiger partial charge in [-0.1, -0.05) is 18.2 Å². The molecule has 0 spiro atoms. The molecule has 1 aromatic carbocycles. The Bertz CT molecular complexity index is 678. The zero-order chi connectivity index (χ0) is 19.2. The van der Waals surface area contributed by atoms with Gasteiger partial charge < -0.3 is 19.6 Å². The second kappa shape index (κ2) is 8.88. The first-order valence-electron chi connectivity index (χ1n) is 9.55. The van der Waals surface area contributed by atoms with Gasteiger partial charge in [0.2, 0.25) is 5.91 Å². The maximum absolute atomic E-state index is 12.9. The summed E-state index contributed by atoms with van der Waals surface area (Å²) in [5.41, 5.74) is 0. The Kier molecular flexibility index (Phi) is 6.32. The van der Waals surface area contributed by atoms with Crippen LogP contribution in [0.1, 0.15) is 32.1 Å². The lowest BCUT2D eigenvalue weighted by atomic mass is 9.93. The number of hydrogen-bond acceptors (Lipinski definition) is 4. The summed E-state index contributed by atoms with van der Waals surface area (Å²) in [6.45, 7) is 1.35. The predicted molar refractivity (Wildman–Crippen MR) is 98.2 cm³/mol. The maximum Gasteiger partial charge on any atom is 0.326 e. The zero-order valence-electron chi connectivity index (χ0n) is 15.4. The van der Waals surface area contributed by atoms with Gasteiger partial charge in [0.1, 0.15) is 11.8 Å². The predicted octanol–water partition coefficient (Wildman–Crippen LogP) is 1.77. The molecule has 27 heavy (non-hydrogen) atoms. The van der Waals surface area contributed by atoms with Crippen molar-refractivity contribution in [1.82, 2.24) is 9.80 Å². The highest BCUT2D eigenvalue weighted by Crippen LogP contribution is 2.24. The second-order valence-corrected chi connectivity index (χ2v) is 7.16. The minimum absolute atomic E-state index is 0.0631. The third-order valence-electron chi connectivity index (χ3n) is 5.30. The lowest BCUT2D eigenvalue weighted by molar-refractivity contribution is -0.155. The molecule has 2 unspecified atom stereocenters. The quantitative estimate of drug-likeness (QED) is 0.849. The first-order valence-corrected chi connectivity index (χ1v) is 9.55. The third kappa shape index (κ3) is 4.78. The number of amides is 2. The number of hydrogen-bond donors (Lipinski definition) is 1. The molecule has 1 N–H and O–H groups in total. The summed E-state index contributed by atoms with van der Waals surface area (Å²) in [6.07, 6.45) is 3.58. The van der Waals surface area contributed by atoms with Crippen molar-refractivity contribution in [3.63, 3.8) is 0 Å². The summed E-state index contributed by atoms with van der Waals surface area (Å²) in [7, 11) is 0. The first kappa shape index (κ1) is 19.2. The van der Waals surface area contributed by atoms with E-state index in [1.165, 1.54) is 4.90 Å². The van der Waals surface area contributed by atoms with Crippen LogP contribution in [0.15, 0.2) is 30.3 Å². The molecule has 2 saturated heterocycles.